The third kappa shape index (κ3) is 2.52. The molecular weight excluding hydrogens is 252 g/mol. The first-order chi connectivity index (χ1) is 9.58. The van der Waals surface area contributed by atoms with Gasteiger partial charge in [-0.1, -0.05) is 18.2 Å². The van der Waals surface area contributed by atoms with E-state index in [0.717, 1.165) is 11.3 Å². The Morgan fingerprint density at radius 2 is 2.05 bits per heavy atom. The summed E-state index contributed by atoms with van der Waals surface area (Å²) in [6, 6.07) is 7.80. The normalized spacial score (nSPS) is 10.6. The Morgan fingerprint density at radius 3 is 2.60 bits per heavy atom. The fourth-order valence-electron chi connectivity index (χ4n) is 2.18. The molecule has 106 valence electrons. The second kappa shape index (κ2) is 5.77. The Bertz CT molecular complexity index is 618. The molecule has 0 aliphatic carbocycles. The van der Waals surface area contributed by atoms with Gasteiger partial charge >= 0.3 is 0 Å². The molecule has 0 radical (unpaired) electrons. The molecule has 2 N–H and O–H groups in total. The molecule has 1 amide bonds. The second-order valence-electron chi connectivity index (χ2n) is 4.62. The maximum absolute atomic E-state index is 12.6. The topological polar surface area (TPSA) is 64.2 Å². The number of nitrogens with two attached hydrogens (primary N) is 1. The van der Waals surface area contributed by atoms with Crippen LogP contribution in [0.15, 0.2) is 30.5 Å². The molecular formula is C15H20N4O. The van der Waals surface area contributed by atoms with E-state index < -0.39 is 0 Å². The first kappa shape index (κ1) is 14.1. The van der Waals surface area contributed by atoms with Crippen molar-refractivity contribution >= 4 is 17.3 Å². The van der Waals surface area contributed by atoms with Crippen LogP contribution >= 0.6 is 0 Å². The van der Waals surface area contributed by atoms with Gasteiger partial charge in [0.2, 0.25) is 0 Å². The number of aryl methyl sites for hydroxylation is 2. The monoisotopic (exact) mass is 272 g/mol. The maximum atomic E-state index is 12.6. The van der Waals surface area contributed by atoms with Crippen molar-refractivity contribution in [3.05, 3.63) is 41.7 Å². The van der Waals surface area contributed by atoms with Crippen molar-refractivity contribution in [2.75, 3.05) is 17.2 Å². The summed E-state index contributed by atoms with van der Waals surface area (Å²) in [7, 11) is 0. The highest BCUT2D eigenvalue weighted by Crippen LogP contribution is 2.22. The van der Waals surface area contributed by atoms with Gasteiger partial charge in [0.1, 0.15) is 0 Å². The van der Waals surface area contributed by atoms with Gasteiger partial charge in [-0.15, -0.1) is 0 Å². The molecule has 0 aliphatic rings. The van der Waals surface area contributed by atoms with Crippen molar-refractivity contribution in [3.63, 3.8) is 0 Å². The van der Waals surface area contributed by atoms with Crippen molar-refractivity contribution in [1.29, 1.82) is 0 Å². The van der Waals surface area contributed by atoms with E-state index in [4.69, 9.17) is 5.73 Å². The molecule has 0 saturated heterocycles. The minimum Gasteiger partial charge on any atom is -0.396 e. The Hall–Kier alpha value is -2.30. The number of nitrogens with zero attached hydrogens (tertiary/aromatic N) is 3. The molecule has 1 aromatic carbocycles. The Labute approximate surface area is 119 Å². The van der Waals surface area contributed by atoms with Gasteiger partial charge in [-0.05, 0) is 32.4 Å². The highest BCUT2D eigenvalue weighted by Gasteiger charge is 2.22. The molecule has 5 nitrogen and oxygen atoms in total. The minimum absolute atomic E-state index is 0.161. The molecule has 0 bridgehead atoms. The number of hydrogen-bond donors (Lipinski definition) is 1. The van der Waals surface area contributed by atoms with E-state index in [9.17, 15) is 4.79 Å². The smallest absolute Gasteiger partial charge is 0.280 e. The molecule has 2 rings (SSSR count). The third-order valence-electron chi connectivity index (χ3n) is 3.28. The summed E-state index contributed by atoms with van der Waals surface area (Å²) in [4.78, 5) is 14.4. The minimum atomic E-state index is -0.161. The number of anilines is 2. The van der Waals surface area contributed by atoms with Crippen LogP contribution in [0.1, 0.15) is 29.9 Å². The number of carbonyl (C=O) groups excluding carboxylic acids is 1. The van der Waals surface area contributed by atoms with E-state index in [0.29, 0.717) is 24.5 Å². The van der Waals surface area contributed by atoms with Gasteiger partial charge in [0.15, 0.2) is 5.69 Å². The molecule has 1 heterocycles. The summed E-state index contributed by atoms with van der Waals surface area (Å²) in [5, 5.41) is 4.25. The van der Waals surface area contributed by atoms with Crippen molar-refractivity contribution in [3.8, 4) is 0 Å². The zero-order valence-corrected chi connectivity index (χ0v) is 12.1. The van der Waals surface area contributed by atoms with Crippen LogP contribution in [0.25, 0.3) is 0 Å². The molecule has 5 heteroatoms. The van der Waals surface area contributed by atoms with E-state index in [-0.39, 0.29) is 5.91 Å². The number of aromatic nitrogens is 2. The molecule has 20 heavy (non-hydrogen) atoms. The summed E-state index contributed by atoms with van der Waals surface area (Å²) in [5.41, 5.74) is 8.58. The van der Waals surface area contributed by atoms with Gasteiger partial charge in [-0.2, -0.15) is 5.10 Å². The van der Waals surface area contributed by atoms with Crippen LogP contribution in [0.3, 0.4) is 0 Å². The van der Waals surface area contributed by atoms with Crippen LogP contribution in [0.4, 0.5) is 11.4 Å². The maximum Gasteiger partial charge on any atom is 0.280 e. The Balaban J connectivity index is 2.39. The zero-order chi connectivity index (χ0) is 14.7. The summed E-state index contributed by atoms with van der Waals surface area (Å²) in [6.07, 6.45) is 1.69. The summed E-state index contributed by atoms with van der Waals surface area (Å²) in [5.74, 6) is -0.161. The lowest BCUT2D eigenvalue weighted by Gasteiger charge is -2.22. The second-order valence-corrected chi connectivity index (χ2v) is 4.62. The number of hydrogen-bond acceptors (Lipinski definition) is 3. The summed E-state index contributed by atoms with van der Waals surface area (Å²) in [6.45, 7) is 7.15. The van der Waals surface area contributed by atoms with Crippen molar-refractivity contribution in [2.24, 2.45) is 0 Å². The quantitative estimate of drug-likeness (QED) is 0.929. The fraction of sp³-hybridized carbons (Fsp3) is 0.333. The first-order valence-corrected chi connectivity index (χ1v) is 6.78. The standard InChI is InChI=1S/C15H20N4O/c1-4-18-10-12(16)14(17-18)15(20)19(5-2)13-9-7-6-8-11(13)3/h6-10H,4-5,16H2,1-3H3. The highest BCUT2D eigenvalue weighted by atomic mass is 16.2. The van der Waals surface area contributed by atoms with Crippen LogP contribution in [-0.2, 0) is 6.54 Å². The van der Waals surface area contributed by atoms with Gasteiger partial charge in [0, 0.05) is 25.0 Å². The molecule has 2 aromatic rings. The van der Waals surface area contributed by atoms with E-state index in [1.54, 1.807) is 15.8 Å². The largest absolute Gasteiger partial charge is 0.396 e. The molecule has 0 aliphatic heterocycles. The number of carbonyl (C=O) groups is 1. The van der Waals surface area contributed by atoms with Crippen LogP contribution in [-0.4, -0.2) is 22.2 Å². The van der Waals surface area contributed by atoms with Gasteiger partial charge in [-0.3, -0.25) is 9.48 Å². The molecule has 0 spiro atoms. The lowest BCUT2D eigenvalue weighted by molar-refractivity contribution is 0.0983. The summed E-state index contributed by atoms with van der Waals surface area (Å²) < 4.78 is 1.67. The van der Waals surface area contributed by atoms with Crippen LogP contribution in [0.2, 0.25) is 0 Å². The third-order valence-corrected chi connectivity index (χ3v) is 3.28. The predicted molar refractivity (Wildman–Crippen MR) is 80.8 cm³/mol. The van der Waals surface area contributed by atoms with E-state index in [1.165, 1.54) is 0 Å². The van der Waals surface area contributed by atoms with Crippen LogP contribution in [0.5, 0.6) is 0 Å². The van der Waals surface area contributed by atoms with Crippen molar-refractivity contribution in [1.82, 2.24) is 9.78 Å². The lowest BCUT2D eigenvalue weighted by Crippen LogP contribution is -2.32. The van der Waals surface area contributed by atoms with Gasteiger partial charge in [0.25, 0.3) is 5.91 Å². The molecule has 0 unspecified atom stereocenters. The molecule has 0 saturated carbocycles. The van der Waals surface area contributed by atoms with Gasteiger partial charge in [0.05, 0.1) is 5.69 Å². The van der Waals surface area contributed by atoms with Crippen molar-refractivity contribution in [2.45, 2.75) is 27.3 Å². The Kier molecular flexibility index (Phi) is 4.08. The molecule has 0 atom stereocenters. The number of nitrogen functional groups attached to an aromatic ring is 1. The van der Waals surface area contributed by atoms with E-state index >= 15 is 0 Å². The van der Waals surface area contributed by atoms with Gasteiger partial charge in [-0.25, -0.2) is 0 Å². The van der Waals surface area contributed by atoms with Crippen LogP contribution < -0.4 is 10.6 Å². The first-order valence-electron chi connectivity index (χ1n) is 6.78. The predicted octanol–water partition coefficient (Wildman–Crippen LogP) is 2.46. The van der Waals surface area contributed by atoms with Crippen LogP contribution in [0, 0.1) is 6.92 Å². The number of benzene rings is 1. The van der Waals surface area contributed by atoms with E-state index in [2.05, 4.69) is 5.10 Å². The molecule has 1 aromatic heterocycles. The fourth-order valence-corrected chi connectivity index (χ4v) is 2.18. The average molecular weight is 272 g/mol. The number of amides is 1. The SMILES string of the molecule is CCN(C(=O)c1nn(CC)cc1N)c1ccccc1C. The number of rotatable bonds is 4. The average Bonchev–Trinajstić information content (AvgIpc) is 2.83. The Morgan fingerprint density at radius 1 is 1.35 bits per heavy atom. The van der Waals surface area contributed by atoms with Gasteiger partial charge < -0.3 is 10.6 Å². The zero-order valence-electron chi connectivity index (χ0n) is 12.1. The number of para-hydroxylation sites is 1. The lowest BCUT2D eigenvalue weighted by atomic mass is 10.1. The van der Waals surface area contributed by atoms with Crippen molar-refractivity contribution < 1.29 is 4.79 Å². The van der Waals surface area contributed by atoms with E-state index in [1.807, 2.05) is 45.0 Å². The highest BCUT2D eigenvalue weighted by molar-refractivity contribution is 6.08. The summed E-state index contributed by atoms with van der Waals surface area (Å²) >= 11 is 0. The molecule has 0 fully saturated rings.